The first-order chi connectivity index (χ1) is 26.7. The molecular weight excluding hydrogens is 717 g/mol. The number of phosphoric acid groups is 1. The molecule has 0 aromatic rings. The third kappa shape index (κ3) is 39.9. The fourth-order valence-electron chi connectivity index (χ4n) is 5.65. The number of hydrogen-bond acceptors (Lipinski definition) is 8. The van der Waals surface area contributed by atoms with Crippen LogP contribution in [0.4, 0.5) is 0 Å². The zero-order valence-electron chi connectivity index (χ0n) is 34.8. The van der Waals surface area contributed by atoms with Gasteiger partial charge in [-0.2, -0.15) is 0 Å². The number of allylic oxidation sites excluding steroid dienone is 8. The van der Waals surface area contributed by atoms with Gasteiger partial charge in [-0.3, -0.25) is 18.6 Å². The lowest BCUT2D eigenvalue weighted by molar-refractivity contribution is -0.154. The highest BCUT2D eigenvalue weighted by molar-refractivity contribution is 7.47. The topological polar surface area (TPSA) is 155 Å². The molecule has 4 N–H and O–H groups in total. The molecule has 0 aromatic heterocycles. The lowest BCUT2D eigenvalue weighted by Gasteiger charge is -2.20. The summed E-state index contributed by atoms with van der Waals surface area (Å²) < 4.78 is 33.3. The molecule has 0 aliphatic rings. The Bertz CT molecular complexity index is 1060. The van der Waals surface area contributed by atoms with Crippen LogP contribution in [0, 0.1) is 0 Å². The van der Waals surface area contributed by atoms with Gasteiger partial charge in [0.25, 0.3) is 0 Å². The monoisotopic (exact) mass is 798 g/mol. The van der Waals surface area contributed by atoms with Gasteiger partial charge >= 0.3 is 19.8 Å². The summed E-state index contributed by atoms with van der Waals surface area (Å²) >= 11 is 0. The van der Waals surface area contributed by atoms with E-state index in [0.29, 0.717) is 13.0 Å². The van der Waals surface area contributed by atoms with Gasteiger partial charge in [0.15, 0.2) is 0 Å². The Morgan fingerprint density at radius 1 is 0.582 bits per heavy atom. The number of carbonyl (C=O) groups is 2. The highest BCUT2D eigenvalue weighted by Crippen LogP contribution is 2.43. The maximum absolute atomic E-state index is 12.6. The standard InChI is InChI=1S/C44H80NO9P/c1-3-5-7-9-11-13-15-17-19-20-21-22-24-26-28-30-32-34-36-43(46)54-41(39-52-55(49,50)53-40-42(45)44(47)48)38-51-37-35-33-31-29-27-25-23-18-16-14-12-10-8-6-4-2/h10,12-13,15-16,18-20,41-42H,3-9,11,14,17,21-40,45H2,1-2H3,(H,47,48)(H,49,50)/b12-10-,15-13-,18-16-,20-19-. The second-order valence-corrected chi connectivity index (χ2v) is 15.9. The molecular formula is C44H80NO9P. The molecule has 320 valence electrons. The first-order valence-corrected chi connectivity index (χ1v) is 23.2. The molecule has 0 amide bonds. The van der Waals surface area contributed by atoms with E-state index >= 15 is 0 Å². The van der Waals surface area contributed by atoms with Crippen LogP contribution in [0.2, 0.25) is 0 Å². The van der Waals surface area contributed by atoms with E-state index in [0.717, 1.165) is 64.2 Å². The van der Waals surface area contributed by atoms with Crippen LogP contribution in [0.3, 0.4) is 0 Å². The van der Waals surface area contributed by atoms with E-state index in [9.17, 15) is 19.0 Å². The van der Waals surface area contributed by atoms with Crippen LogP contribution in [0.15, 0.2) is 48.6 Å². The largest absolute Gasteiger partial charge is 0.480 e. The smallest absolute Gasteiger partial charge is 0.472 e. The maximum atomic E-state index is 12.6. The summed E-state index contributed by atoms with van der Waals surface area (Å²) in [5.74, 6) is -1.79. The third-order valence-corrected chi connectivity index (χ3v) is 10.0. The van der Waals surface area contributed by atoms with Crippen molar-refractivity contribution in [3.8, 4) is 0 Å². The Morgan fingerprint density at radius 2 is 1.02 bits per heavy atom. The Kier molecular flexibility index (Phi) is 38.6. The van der Waals surface area contributed by atoms with E-state index in [2.05, 4.69) is 62.5 Å². The van der Waals surface area contributed by atoms with Crippen molar-refractivity contribution in [3.63, 3.8) is 0 Å². The fourth-order valence-corrected chi connectivity index (χ4v) is 6.43. The molecule has 0 saturated heterocycles. The van der Waals surface area contributed by atoms with Crippen LogP contribution in [-0.4, -0.2) is 60.5 Å². The maximum Gasteiger partial charge on any atom is 0.472 e. The van der Waals surface area contributed by atoms with Gasteiger partial charge in [-0.15, -0.1) is 0 Å². The van der Waals surface area contributed by atoms with Crippen molar-refractivity contribution in [2.24, 2.45) is 5.73 Å². The van der Waals surface area contributed by atoms with Crippen molar-refractivity contribution in [2.75, 3.05) is 26.4 Å². The number of carboxylic acid groups (broad SMARTS) is 1. The summed E-state index contributed by atoms with van der Waals surface area (Å²) in [4.78, 5) is 33.5. The Hall–Kier alpha value is -2.07. The minimum atomic E-state index is -4.62. The molecule has 3 atom stereocenters. The molecule has 0 aliphatic heterocycles. The molecule has 11 heteroatoms. The van der Waals surface area contributed by atoms with Gasteiger partial charge in [-0.1, -0.05) is 152 Å². The Morgan fingerprint density at radius 3 is 1.53 bits per heavy atom. The third-order valence-electron chi connectivity index (χ3n) is 9.08. The number of rotatable bonds is 41. The van der Waals surface area contributed by atoms with Gasteiger partial charge in [-0.25, -0.2) is 4.57 Å². The molecule has 0 aliphatic carbocycles. The van der Waals surface area contributed by atoms with Crippen LogP contribution < -0.4 is 5.73 Å². The van der Waals surface area contributed by atoms with E-state index in [4.69, 9.17) is 29.4 Å². The van der Waals surface area contributed by atoms with E-state index in [1.54, 1.807) is 0 Å². The van der Waals surface area contributed by atoms with Crippen LogP contribution in [0.1, 0.15) is 181 Å². The fraction of sp³-hybridized carbons (Fsp3) is 0.773. The minimum absolute atomic E-state index is 0.00548. The molecule has 0 fully saturated rings. The summed E-state index contributed by atoms with van der Waals surface area (Å²) in [5, 5.41) is 8.89. The number of nitrogens with two attached hydrogens (primary N) is 1. The summed E-state index contributed by atoms with van der Waals surface area (Å²) in [6.45, 7) is 3.79. The highest BCUT2D eigenvalue weighted by atomic mass is 31.2. The lowest BCUT2D eigenvalue weighted by atomic mass is 10.1. The van der Waals surface area contributed by atoms with Crippen molar-refractivity contribution >= 4 is 19.8 Å². The van der Waals surface area contributed by atoms with Gasteiger partial charge in [-0.05, 0) is 70.6 Å². The number of esters is 1. The molecule has 3 unspecified atom stereocenters. The number of carboxylic acids is 1. The van der Waals surface area contributed by atoms with Crippen molar-refractivity contribution < 1.29 is 42.7 Å². The normalized spacial score (nSPS) is 14.4. The zero-order chi connectivity index (χ0) is 40.5. The summed E-state index contributed by atoms with van der Waals surface area (Å²) in [6.07, 6.45) is 45.8. The average Bonchev–Trinajstić information content (AvgIpc) is 3.16. The lowest BCUT2D eigenvalue weighted by Crippen LogP contribution is -2.34. The van der Waals surface area contributed by atoms with Crippen LogP contribution >= 0.6 is 7.82 Å². The second-order valence-electron chi connectivity index (χ2n) is 14.5. The predicted octanol–water partition coefficient (Wildman–Crippen LogP) is 11.9. The van der Waals surface area contributed by atoms with Crippen LogP contribution in [0.25, 0.3) is 0 Å². The van der Waals surface area contributed by atoms with E-state index in [1.807, 2.05) is 0 Å². The van der Waals surface area contributed by atoms with Gasteiger partial charge in [0, 0.05) is 13.0 Å². The number of unbranched alkanes of at least 4 members (excludes halogenated alkanes) is 19. The molecule has 0 bridgehead atoms. The van der Waals surface area contributed by atoms with Gasteiger partial charge in [0.1, 0.15) is 12.1 Å². The van der Waals surface area contributed by atoms with E-state index in [-0.39, 0.29) is 13.0 Å². The molecule has 0 rings (SSSR count). The van der Waals surface area contributed by atoms with Crippen LogP contribution in [0.5, 0.6) is 0 Å². The van der Waals surface area contributed by atoms with E-state index < -0.39 is 45.1 Å². The van der Waals surface area contributed by atoms with E-state index in [1.165, 1.54) is 89.9 Å². The molecule has 0 saturated carbocycles. The highest BCUT2D eigenvalue weighted by Gasteiger charge is 2.27. The molecule has 0 spiro atoms. The second kappa shape index (κ2) is 40.1. The van der Waals surface area contributed by atoms with Gasteiger partial charge in [0.05, 0.1) is 19.8 Å². The number of ether oxygens (including phenoxy) is 2. The molecule has 10 nitrogen and oxygen atoms in total. The van der Waals surface area contributed by atoms with Crippen molar-refractivity contribution in [3.05, 3.63) is 48.6 Å². The number of aliphatic carboxylic acids is 1. The van der Waals surface area contributed by atoms with Gasteiger partial charge in [0.2, 0.25) is 0 Å². The predicted molar refractivity (Wildman–Crippen MR) is 226 cm³/mol. The number of carbonyl (C=O) groups excluding carboxylic acids is 1. The summed E-state index contributed by atoms with van der Waals surface area (Å²) in [5.41, 5.74) is 5.35. The summed E-state index contributed by atoms with van der Waals surface area (Å²) in [7, 11) is -4.62. The Labute approximate surface area is 335 Å². The molecule has 55 heavy (non-hydrogen) atoms. The molecule has 0 aromatic carbocycles. The SMILES string of the molecule is CCCC/C=C\C/C=C\CCCCCCCCOCC(COP(=O)(O)OCC(N)C(=O)O)OC(=O)CCCCCCCCC/C=C\C/C=C\CCCCCC. The first kappa shape index (κ1) is 52.9. The Balaban J connectivity index is 4.28. The van der Waals surface area contributed by atoms with Crippen molar-refractivity contribution in [1.29, 1.82) is 0 Å². The van der Waals surface area contributed by atoms with Crippen LogP contribution in [-0.2, 0) is 32.7 Å². The minimum Gasteiger partial charge on any atom is -0.480 e. The average molecular weight is 798 g/mol. The van der Waals surface area contributed by atoms with Crippen molar-refractivity contribution in [1.82, 2.24) is 0 Å². The molecule has 0 heterocycles. The van der Waals surface area contributed by atoms with Gasteiger partial charge < -0.3 is 25.2 Å². The summed E-state index contributed by atoms with van der Waals surface area (Å²) in [6, 6.07) is -1.48. The number of phosphoric ester groups is 1. The quantitative estimate of drug-likeness (QED) is 0.0236. The first-order valence-electron chi connectivity index (χ1n) is 21.7. The molecule has 0 radical (unpaired) electrons. The zero-order valence-corrected chi connectivity index (χ0v) is 35.7. The van der Waals surface area contributed by atoms with Crippen molar-refractivity contribution in [2.45, 2.75) is 193 Å². The number of hydrogen-bond donors (Lipinski definition) is 3.